The summed E-state index contributed by atoms with van der Waals surface area (Å²) in [4.78, 5) is 37.4. The molecular weight excluding hydrogens is 387 g/mol. The SMILES string of the molecule is CC(=O)c1cnc(N)nc1N=C(C)c1cn2ccc(F)c2c(=O)n1-c1ccccc1. The molecule has 4 rings (SSSR count). The van der Waals surface area contributed by atoms with Crippen LogP contribution >= 0.6 is 0 Å². The quantitative estimate of drug-likeness (QED) is 0.416. The number of nitrogens with zero attached hydrogens (tertiary/aromatic N) is 5. The van der Waals surface area contributed by atoms with Crippen LogP contribution in [-0.4, -0.2) is 30.4 Å². The molecule has 0 saturated heterocycles. The number of hydrogen-bond acceptors (Lipinski definition) is 6. The van der Waals surface area contributed by atoms with E-state index in [9.17, 15) is 14.0 Å². The zero-order valence-electron chi connectivity index (χ0n) is 16.2. The van der Waals surface area contributed by atoms with Crippen LogP contribution in [0.1, 0.15) is 29.9 Å². The van der Waals surface area contributed by atoms with Gasteiger partial charge in [0.2, 0.25) is 5.95 Å². The number of carbonyl (C=O) groups is 1. The number of benzene rings is 1. The van der Waals surface area contributed by atoms with Crippen LogP contribution in [0.15, 0.2) is 64.8 Å². The largest absolute Gasteiger partial charge is 0.368 e. The number of para-hydroxylation sites is 1. The molecule has 0 spiro atoms. The van der Waals surface area contributed by atoms with Gasteiger partial charge in [-0.15, -0.1) is 0 Å². The normalized spacial score (nSPS) is 11.8. The van der Waals surface area contributed by atoms with E-state index in [0.717, 1.165) is 0 Å². The maximum absolute atomic E-state index is 14.2. The first-order valence-electron chi connectivity index (χ1n) is 9.03. The Kier molecular flexibility index (Phi) is 4.71. The molecule has 30 heavy (non-hydrogen) atoms. The fourth-order valence-corrected chi connectivity index (χ4v) is 3.17. The van der Waals surface area contributed by atoms with E-state index in [-0.39, 0.29) is 28.6 Å². The number of hydrogen-bond donors (Lipinski definition) is 1. The molecule has 8 nitrogen and oxygen atoms in total. The van der Waals surface area contributed by atoms with Gasteiger partial charge in [-0.2, -0.15) is 4.98 Å². The van der Waals surface area contributed by atoms with Crippen molar-refractivity contribution in [3.05, 3.63) is 82.4 Å². The monoisotopic (exact) mass is 404 g/mol. The average molecular weight is 404 g/mol. The van der Waals surface area contributed by atoms with Crippen molar-refractivity contribution < 1.29 is 9.18 Å². The lowest BCUT2D eigenvalue weighted by Crippen LogP contribution is -2.26. The van der Waals surface area contributed by atoms with E-state index in [1.807, 2.05) is 6.07 Å². The highest BCUT2D eigenvalue weighted by Crippen LogP contribution is 2.20. The van der Waals surface area contributed by atoms with Crippen LogP contribution in [-0.2, 0) is 0 Å². The summed E-state index contributed by atoms with van der Waals surface area (Å²) in [6, 6.07) is 10.1. The summed E-state index contributed by atoms with van der Waals surface area (Å²) in [6.07, 6.45) is 4.37. The van der Waals surface area contributed by atoms with Gasteiger partial charge in [-0.25, -0.2) is 14.4 Å². The lowest BCUT2D eigenvalue weighted by atomic mass is 10.2. The van der Waals surface area contributed by atoms with Crippen molar-refractivity contribution in [1.29, 1.82) is 0 Å². The molecular formula is C21H17FN6O2. The van der Waals surface area contributed by atoms with Gasteiger partial charge in [0.15, 0.2) is 17.4 Å². The molecule has 9 heteroatoms. The Morgan fingerprint density at radius 1 is 1.17 bits per heavy atom. The van der Waals surface area contributed by atoms with Crippen LogP contribution in [0.25, 0.3) is 11.2 Å². The minimum atomic E-state index is -0.617. The van der Waals surface area contributed by atoms with E-state index in [1.54, 1.807) is 37.4 Å². The molecule has 150 valence electrons. The summed E-state index contributed by atoms with van der Waals surface area (Å²) in [5.74, 6) is -0.827. The first kappa shape index (κ1) is 19.2. The number of aliphatic imine (C=N–C) groups is 1. The van der Waals surface area contributed by atoms with Gasteiger partial charge >= 0.3 is 0 Å². The second-order valence-corrected chi connectivity index (χ2v) is 6.63. The number of carbonyl (C=O) groups excluding carboxylic acids is 1. The van der Waals surface area contributed by atoms with Crippen molar-refractivity contribution >= 4 is 28.8 Å². The molecule has 0 aliphatic carbocycles. The molecule has 1 aromatic carbocycles. The number of fused-ring (bicyclic) bond motifs is 1. The third-order valence-corrected chi connectivity index (χ3v) is 4.60. The summed E-state index contributed by atoms with van der Waals surface area (Å²) >= 11 is 0. The molecule has 0 bridgehead atoms. The van der Waals surface area contributed by atoms with Crippen LogP contribution in [0.4, 0.5) is 16.2 Å². The number of halogens is 1. The number of aromatic nitrogens is 4. The molecule has 0 unspecified atom stereocenters. The highest BCUT2D eigenvalue weighted by molar-refractivity contribution is 6.03. The number of ketones is 1. The van der Waals surface area contributed by atoms with E-state index in [2.05, 4.69) is 15.0 Å². The zero-order chi connectivity index (χ0) is 21.4. The van der Waals surface area contributed by atoms with E-state index in [4.69, 9.17) is 5.73 Å². The highest BCUT2D eigenvalue weighted by atomic mass is 19.1. The number of nitrogens with two attached hydrogens (primary N) is 1. The number of nitrogen functional groups attached to an aromatic ring is 1. The maximum atomic E-state index is 14.2. The van der Waals surface area contributed by atoms with E-state index < -0.39 is 11.4 Å². The van der Waals surface area contributed by atoms with Crippen LogP contribution in [0.3, 0.4) is 0 Å². The molecule has 0 fully saturated rings. The van der Waals surface area contributed by atoms with Gasteiger partial charge in [0.25, 0.3) is 5.56 Å². The molecule has 0 aliphatic heterocycles. The smallest absolute Gasteiger partial charge is 0.282 e. The standard InChI is InChI=1S/C21H17FN6O2/c1-12(25-19-15(13(2)29)10-24-21(23)26-19)17-11-27-9-8-16(22)18(27)20(30)28(17)14-6-4-3-5-7-14/h3-11H,1-2H3,(H2,23,24,26). The Bertz CT molecular complexity index is 1370. The molecule has 4 aromatic rings. The van der Waals surface area contributed by atoms with Gasteiger partial charge in [-0.1, -0.05) is 18.2 Å². The van der Waals surface area contributed by atoms with Crippen molar-refractivity contribution in [3.8, 4) is 5.69 Å². The van der Waals surface area contributed by atoms with Crippen LogP contribution < -0.4 is 11.3 Å². The molecule has 0 aliphatic rings. The predicted molar refractivity (Wildman–Crippen MR) is 111 cm³/mol. The minimum Gasteiger partial charge on any atom is -0.368 e. The lowest BCUT2D eigenvalue weighted by Gasteiger charge is -2.14. The van der Waals surface area contributed by atoms with Crippen molar-refractivity contribution in [2.45, 2.75) is 13.8 Å². The number of rotatable bonds is 4. The Labute approximate surface area is 170 Å². The Balaban J connectivity index is 2.02. The van der Waals surface area contributed by atoms with Crippen molar-refractivity contribution in [1.82, 2.24) is 18.9 Å². The van der Waals surface area contributed by atoms with Crippen LogP contribution in [0.2, 0.25) is 0 Å². The van der Waals surface area contributed by atoms with E-state index >= 15 is 0 Å². The van der Waals surface area contributed by atoms with Gasteiger partial charge < -0.3 is 10.1 Å². The van der Waals surface area contributed by atoms with Crippen molar-refractivity contribution in [2.24, 2.45) is 4.99 Å². The summed E-state index contributed by atoms with van der Waals surface area (Å²) in [5.41, 5.74) is 6.58. The predicted octanol–water partition coefficient (Wildman–Crippen LogP) is 2.94. The Hall–Kier alpha value is -4.14. The molecule has 3 aromatic heterocycles. The van der Waals surface area contributed by atoms with Gasteiger partial charge in [-0.3, -0.25) is 14.2 Å². The number of Topliss-reactive ketones (excluding diaryl/α,β-unsaturated/α-hetero) is 1. The summed E-state index contributed by atoms with van der Waals surface area (Å²) < 4.78 is 17.0. The molecule has 0 radical (unpaired) electrons. The van der Waals surface area contributed by atoms with E-state index in [0.29, 0.717) is 17.1 Å². The van der Waals surface area contributed by atoms with Crippen molar-refractivity contribution in [2.75, 3.05) is 5.73 Å². The molecule has 2 N–H and O–H groups in total. The number of anilines is 1. The second-order valence-electron chi connectivity index (χ2n) is 6.63. The lowest BCUT2D eigenvalue weighted by molar-refractivity contribution is 0.101. The first-order valence-corrected chi connectivity index (χ1v) is 9.03. The fourth-order valence-electron chi connectivity index (χ4n) is 3.17. The van der Waals surface area contributed by atoms with Gasteiger partial charge in [0, 0.05) is 24.3 Å². The molecule has 0 atom stereocenters. The highest BCUT2D eigenvalue weighted by Gasteiger charge is 2.18. The summed E-state index contributed by atoms with van der Waals surface area (Å²) in [6.45, 7) is 3.04. The maximum Gasteiger partial charge on any atom is 0.282 e. The summed E-state index contributed by atoms with van der Waals surface area (Å²) in [7, 11) is 0. The second kappa shape index (κ2) is 7.36. The average Bonchev–Trinajstić information content (AvgIpc) is 3.09. The fraction of sp³-hybridized carbons (Fsp3) is 0.0952. The Morgan fingerprint density at radius 2 is 1.90 bits per heavy atom. The topological polar surface area (TPSA) is 108 Å². The molecule has 0 amide bonds. The molecule has 3 heterocycles. The molecule has 0 saturated carbocycles. The third-order valence-electron chi connectivity index (χ3n) is 4.60. The van der Waals surface area contributed by atoms with E-state index in [1.165, 1.54) is 34.4 Å². The third kappa shape index (κ3) is 3.26. The first-order chi connectivity index (χ1) is 14.4. The minimum absolute atomic E-state index is 0.0325. The zero-order valence-corrected chi connectivity index (χ0v) is 16.2. The van der Waals surface area contributed by atoms with Gasteiger partial charge in [0.1, 0.15) is 5.52 Å². The Morgan fingerprint density at radius 3 is 2.60 bits per heavy atom. The summed E-state index contributed by atoms with van der Waals surface area (Å²) in [5, 5.41) is 0. The van der Waals surface area contributed by atoms with Crippen molar-refractivity contribution in [3.63, 3.8) is 0 Å². The van der Waals surface area contributed by atoms with Crippen LogP contribution in [0, 0.1) is 5.82 Å². The van der Waals surface area contributed by atoms with Gasteiger partial charge in [0.05, 0.1) is 17.0 Å². The van der Waals surface area contributed by atoms with Crippen LogP contribution in [0.5, 0.6) is 0 Å². The van der Waals surface area contributed by atoms with Gasteiger partial charge in [-0.05, 0) is 32.0 Å².